The number of aromatic carboxylic acids is 1. The maximum Gasteiger partial charge on any atom is 0.415 e. The number of nitrogens with zero attached hydrogens (tertiary/aromatic N) is 14. The lowest BCUT2D eigenvalue weighted by Gasteiger charge is -2.32. The Kier molecular flexibility index (Phi) is 21.7. The summed E-state index contributed by atoms with van der Waals surface area (Å²) in [5.74, 6) is 1.93. The van der Waals surface area contributed by atoms with E-state index in [4.69, 9.17) is 34.5 Å². The molecule has 35 nitrogen and oxygen atoms in total. The number of hydrogen-bond acceptors (Lipinski definition) is 27. The van der Waals surface area contributed by atoms with Crippen LogP contribution in [0.4, 0.5) is 61.6 Å². The Labute approximate surface area is 602 Å². The molecule has 6 fully saturated rings. The number of amides is 4. The number of anilines is 9. The fraction of sp³-hybridized carbons (Fsp3) is 0.457. The van der Waals surface area contributed by atoms with E-state index < -0.39 is 47.5 Å². The Hall–Kier alpha value is -11.3. The molecule has 0 spiro atoms. The average molecular weight is 1450 g/mol. The number of ether oxygens (including phenoxy) is 5. The minimum Gasteiger partial charge on any atom is -0.477 e. The second-order valence-corrected chi connectivity index (χ2v) is 28.2. The fourth-order valence-corrected chi connectivity index (χ4v) is 10.5. The van der Waals surface area contributed by atoms with Gasteiger partial charge >= 0.3 is 18.2 Å². The second kappa shape index (κ2) is 31.0. The van der Waals surface area contributed by atoms with E-state index in [1.165, 1.54) is 44.5 Å². The number of carboxylic acids is 1. The quantitative estimate of drug-likeness (QED) is 0.0348. The number of aliphatic hydroxyl groups is 3. The van der Waals surface area contributed by atoms with Crippen LogP contribution in [0.15, 0.2) is 91.8 Å². The number of carbonyl (C=O) groups excluding carboxylic acids is 4. The number of nitrogens with one attached hydrogen (secondary N) is 6. The highest BCUT2D eigenvalue weighted by molar-refractivity contribution is 6.02. The third-order valence-corrected chi connectivity index (χ3v) is 17.3. The molecule has 35 heteroatoms. The highest BCUT2D eigenvalue weighted by Gasteiger charge is 2.35. The summed E-state index contributed by atoms with van der Waals surface area (Å²) < 4.78 is 32.9. The summed E-state index contributed by atoms with van der Waals surface area (Å²) in [7, 11) is 4.85. The Bertz CT molecular complexity index is 4650. The van der Waals surface area contributed by atoms with Crippen molar-refractivity contribution in [3.05, 3.63) is 108 Å². The van der Waals surface area contributed by atoms with Gasteiger partial charge in [0.05, 0.1) is 49.0 Å². The summed E-state index contributed by atoms with van der Waals surface area (Å²) in [5.41, 5.74) is 6.88. The molecule has 0 bridgehead atoms. The van der Waals surface area contributed by atoms with Gasteiger partial charge in [0, 0.05) is 64.0 Å². The van der Waals surface area contributed by atoms with Gasteiger partial charge in [-0.05, 0) is 155 Å². The lowest BCUT2D eigenvalue weighted by Crippen LogP contribution is -2.50. The van der Waals surface area contributed by atoms with Gasteiger partial charge in [0.15, 0.2) is 16.9 Å². The van der Waals surface area contributed by atoms with Crippen molar-refractivity contribution in [1.29, 1.82) is 0 Å². The molecule has 15 rings (SSSR count). The van der Waals surface area contributed by atoms with Crippen LogP contribution in [0, 0.1) is 0 Å². The van der Waals surface area contributed by atoms with Crippen LogP contribution in [-0.4, -0.2) is 196 Å². The molecule has 4 amide bonds. The third-order valence-electron chi connectivity index (χ3n) is 17.3. The Morgan fingerprint density at radius 2 is 0.857 bits per heavy atom. The van der Waals surface area contributed by atoms with E-state index in [1.54, 1.807) is 115 Å². The molecule has 6 aliphatic rings. The molecule has 9 aromatic rings. The van der Waals surface area contributed by atoms with Crippen molar-refractivity contribution in [2.75, 3.05) is 52.2 Å². The minimum atomic E-state index is -1.19. The topological polar surface area (TPSA) is 446 Å². The first kappa shape index (κ1) is 73.5. The molecule has 0 radical (unpaired) electrons. The number of carbonyl (C=O) groups is 5. The van der Waals surface area contributed by atoms with Gasteiger partial charge in [0.25, 0.3) is 11.8 Å². The zero-order valence-corrected chi connectivity index (χ0v) is 59.6. The maximum absolute atomic E-state index is 13.1. The molecule has 6 atom stereocenters. The second-order valence-electron chi connectivity index (χ2n) is 28.2. The summed E-state index contributed by atoms with van der Waals surface area (Å²) in [6.45, 7) is 10.6. The summed E-state index contributed by atoms with van der Waals surface area (Å²) in [4.78, 5) is 92.2. The van der Waals surface area contributed by atoms with Crippen molar-refractivity contribution >= 4 is 98.9 Å². The van der Waals surface area contributed by atoms with Crippen LogP contribution in [-0.2, 0) is 9.47 Å². The molecule has 6 aliphatic carbocycles. The fourth-order valence-electron chi connectivity index (χ4n) is 10.5. The monoisotopic (exact) mass is 1450 g/mol. The first-order chi connectivity index (χ1) is 50.1. The van der Waals surface area contributed by atoms with Gasteiger partial charge < -0.3 is 81.7 Å². The Morgan fingerprint density at radius 1 is 0.505 bits per heavy atom. The zero-order valence-electron chi connectivity index (χ0n) is 59.6. The van der Waals surface area contributed by atoms with Crippen LogP contribution in [0.1, 0.15) is 150 Å². The Balaban J connectivity index is 0.000000142. The van der Waals surface area contributed by atoms with E-state index in [0.717, 1.165) is 57.8 Å². The van der Waals surface area contributed by atoms with Crippen molar-refractivity contribution in [2.45, 2.75) is 185 Å². The van der Waals surface area contributed by atoms with E-state index in [2.05, 4.69) is 77.1 Å². The lowest BCUT2D eigenvalue weighted by molar-refractivity contribution is 0.0448. The highest BCUT2D eigenvalue weighted by atomic mass is 16.6. The van der Waals surface area contributed by atoms with Crippen molar-refractivity contribution in [3.63, 3.8) is 0 Å². The first-order valence-electron chi connectivity index (χ1n) is 34.7. The summed E-state index contributed by atoms with van der Waals surface area (Å²) in [6.07, 6.45) is 17.8. The summed E-state index contributed by atoms with van der Waals surface area (Å²) in [5, 5.41) is 68.9. The number of rotatable bonds is 20. The van der Waals surface area contributed by atoms with Gasteiger partial charge in [-0.25, -0.2) is 44.3 Å². The molecule has 12 N–H and O–H groups in total. The van der Waals surface area contributed by atoms with Crippen molar-refractivity contribution in [1.82, 2.24) is 69.4 Å². The molecule has 2 unspecified atom stereocenters. The van der Waals surface area contributed by atoms with Crippen molar-refractivity contribution < 1.29 is 68.1 Å². The number of hydrogen-bond donors (Lipinski definition) is 11. The van der Waals surface area contributed by atoms with E-state index in [-0.39, 0.29) is 76.7 Å². The average Bonchev–Trinajstić information content (AvgIpc) is 1.73. The molecule has 9 aromatic heterocycles. The van der Waals surface area contributed by atoms with Gasteiger partial charge in [-0.3, -0.25) is 19.4 Å². The van der Waals surface area contributed by atoms with E-state index in [9.17, 15) is 39.3 Å². The van der Waals surface area contributed by atoms with Crippen LogP contribution in [0.3, 0.4) is 0 Å². The molecule has 0 aromatic carbocycles. The van der Waals surface area contributed by atoms with Gasteiger partial charge in [-0.2, -0.15) is 28.8 Å². The van der Waals surface area contributed by atoms with Crippen molar-refractivity contribution in [3.8, 4) is 17.6 Å². The van der Waals surface area contributed by atoms with Crippen LogP contribution < -0.4 is 61.6 Å². The number of carboxylic acid groups (broad SMARTS) is 1. The highest BCUT2D eigenvalue weighted by Crippen LogP contribution is 2.37. The minimum absolute atomic E-state index is 0.0708. The number of aromatic nitrogens is 12. The predicted molar refractivity (Wildman–Crippen MR) is 384 cm³/mol. The van der Waals surface area contributed by atoms with E-state index >= 15 is 0 Å². The Morgan fingerprint density at radius 3 is 1.17 bits per heavy atom. The predicted octanol–water partition coefficient (Wildman–Crippen LogP) is 7.68. The number of aliphatic hydroxyl groups excluding tert-OH is 3. The largest absolute Gasteiger partial charge is 0.477 e. The van der Waals surface area contributed by atoms with Crippen LogP contribution >= 0.6 is 0 Å². The molecule has 556 valence electrons. The summed E-state index contributed by atoms with van der Waals surface area (Å²) >= 11 is 0. The van der Waals surface area contributed by atoms with Gasteiger partial charge in [-0.15, -0.1) is 0 Å². The summed E-state index contributed by atoms with van der Waals surface area (Å²) in [6, 6.07) is 15.4. The standard InChI is InChI=1S/C25H31N7O5.C21H24N6O5.C20H23N7O3.C4H9NO/c1-25(2,3)37-24(35)31(4)20-12-19(28-17-6-5-11-26-23(17)36-14-7-8-14)30-21-15(13-27-32(20)21)22(34)29-16-9-10-18(16)33;1-21(2,3)32-20(30)26(4)16-10-15(25-17-13(19(28)29)11-23-27(16)17)24-14-6-5-9-22-18(14)31-12-7-8-12;1-21-17-9-16(24-14-3-2-8-22-20(14)30-11-4-5-11)26-18-12(10-23-27(17)18)19(29)25-13-6-7-15(13)28;5-3-1-2-4(3)6/h5-6,11-14,16,18,33H,7-10H2,1-4H3,(H,28,30)(H,29,34);5-6,9-12H,7-8H2,1-4H3,(H,24,25)(H,28,29);2-3,8-11,13,15,21,28H,4-7H2,1H3,(H,24,26)(H,25,29);3-4,6H,1-2,5H2/t16?,18-;;13?,15-;3-,4+/m1.10/s1. The first-order valence-corrected chi connectivity index (χ1v) is 34.7. The molecular weight excluding hydrogens is 1360 g/mol. The van der Waals surface area contributed by atoms with Crippen molar-refractivity contribution in [2.24, 2.45) is 5.73 Å². The molecule has 9 heterocycles. The number of pyridine rings is 3. The molecule has 6 saturated carbocycles. The smallest absolute Gasteiger partial charge is 0.415 e. The SMILES string of the molecule is CN(C(=O)OC(C)(C)C)c1cc(Nc2cccnc2OC2CC2)nc2c(C(=O)NC3CC[C@H]3O)cnn12.CN(C(=O)OC(C)(C)C)c1cc(Nc2cccnc2OC2CC2)nc2c(C(=O)O)cnn12.CNc1cc(Nc2cccnc2OC2CC2)nc2c(C(=O)NC3CC[C@H]3O)cnn12.N[C@H]1CC[C@H]1O. The maximum atomic E-state index is 13.1. The lowest BCUT2D eigenvalue weighted by atomic mass is 9.89. The van der Waals surface area contributed by atoms with E-state index in [1.807, 2.05) is 18.2 Å². The van der Waals surface area contributed by atoms with Gasteiger partial charge in [0.1, 0.15) is 98.2 Å². The van der Waals surface area contributed by atoms with Crippen LogP contribution in [0.25, 0.3) is 16.9 Å². The van der Waals surface area contributed by atoms with Gasteiger partial charge in [-0.1, -0.05) is 0 Å². The molecule has 0 saturated heterocycles. The van der Waals surface area contributed by atoms with Crippen LogP contribution in [0.5, 0.6) is 17.6 Å². The molecule has 0 aliphatic heterocycles. The van der Waals surface area contributed by atoms with Crippen LogP contribution in [0.2, 0.25) is 0 Å². The molecule has 105 heavy (non-hydrogen) atoms. The molecular formula is C70H87N21O14. The van der Waals surface area contributed by atoms with Gasteiger partial charge in [0.2, 0.25) is 17.6 Å². The normalized spacial score (nSPS) is 19.3. The third kappa shape index (κ3) is 18.2. The number of fused-ring (bicyclic) bond motifs is 3. The van der Waals surface area contributed by atoms with E-state index in [0.29, 0.717) is 94.3 Å². The zero-order chi connectivity index (χ0) is 74.6. The number of nitrogens with two attached hydrogens (primary N) is 1.